The van der Waals surface area contributed by atoms with E-state index in [0.29, 0.717) is 0 Å². The van der Waals surface area contributed by atoms with E-state index in [1.807, 2.05) is 0 Å². The van der Waals surface area contributed by atoms with Gasteiger partial charge in [-0.2, -0.15) is 0 Å². The van der Waals surface area contributed by atoms with Gasteiger partial charge in [0.15, 0.2) is 0 Å². The molecule has 0 radical (unpaired) electrons. The molecule has 0 aromatic rings. The summed E-state index contributed by atoms with van der Waals surface area (Å²) in [4.78, 5) is 0. The summed E-state index contributed by atoms with van der Waals surface area (Å²) >= 11 is 0.0949. The van der Waals surface area contributed by atoms with Crippen molar-refractivity contribution in [3.8, 4) is 0 Å². The first-order chi connectivity index (χ1) is 3.92. The van der Waals surface area contributed by atoms with Gasteiger partial charge in [0.2, 0.25) is 0 Å². The van der Waals surface area contributed by atoms with Crippen LogP contribution < -0.4 is 0 Å². The Morgan fingerprint density at radius 2 is 2.11 bits per heavy atom. The molecule has 50 valence electrons. The van der Waals surface area contributed by atoms with E-state index in [1.165, 1.54) is 0 Å². The second-order valence-corrected chi connectivity index (χ2v) is 4.73. The normalized spacial score (nSPS) is 15.6. The number of rotatable bonds is 3. The van der Waals surface area contributed by atoms with E-state index in [-0.39, 0.29) is 55.6 Å². The first-order valence-corrected chi connectivity index (χ1v) is 5.38. The van der Waals surface area contributed by atoms with Crippen molar-refractivity contribution in [1.29, 1.82) is 0 Å². The van der Waals surface area contributed by atoms with Crippen LogP contribution in [0.4, 0.5) is 0 Å². The SMILES string of the molecule is O=S(=O)(O)OC[CH](O)[K]. The molecule has 9 heavy (non-hydrogen) atoms. The van der Waals surface area contributed by atoms with Gasteiger partial charge in [0.1, 0.15) is 0 Å². The molecule has 0 spiro atoms. The third-order valence-electron chi connectivity index (χ3n) is 0.458. The summed E-state index contributed by atoms with van der Waals surface area (Å²) in [6.07, 6.45) is 0. The molecule has 0 aromatic carbocycles. The van der Waals surface area contributed by atoms with E-state index in [9.17, 15) is 8.42 Å². The van der Waals surface area contributed by atoms with E-state index in [2.05, 4.69) is 4.18 Å². The number of hydrogen-bond acceptors (Lipinski definition) is 4. The van der Waals surface area contributed by atoms with Gasteiger partial charge in [-0.1, -0.05) is 0 Å². The number of hydrogen-bond donors (Lipinski definition) is 2. The van der Waals surface area contributed by atoms with Gasteiger partial charge in [-0.3, -0.25) is 0 Å². The second kappa shape index (κ2) is 4.37. The summed E-state index contributed by atoms with van der Waals surface area (Å²) in [6, 6.07) is 0. The van der Waals surface area contributed by atoms with Crippen LogP contribution in [0.2, 0.25) is 0 Å². The van der Waals surface area contributed by atoms with Crippen molar-refractivity contribution in [1.82, 2.24) is 0 Å². The van der Waals surface area contributed by atoms with E-state index in [0.717, 1.165) is 0 Å². The fraction of sp³-hybridized carbons (Fsp3) is 1.00. The summed E-state index contributed by atoms with van der Waals surface area (Å²) in [5.74, 6) is 0. The van der Waals surface area contributed by atoms with Gasteiger partial charge in [0.25, 0.3) is 0 Å². The molecule has 0 aliphatic rings. The third kappa shape index (κ3) is 9.47. The fourth-order valence-corrected chi connectivity index (χ4v) is 1.19. The molecule has 1 atom stereocenters. The standard InChI is InChI=1S/C2H5O5S.K/c3-1-2-7-8(4,5)6;/h1,3H,2H2,(H,4,5,6);. The molecule has 0 aromatic heterocycles. The van der Waals surface area contributed by atoms with Gasteiger partial charge in [0.05, 0.1) is 0 Å². The van der Waals surface area contributed by atoms with Crippen molar-refractivity contribution in [2.75, 3.05) is 6.61 Å². The second-order valence-electron chi connectivity index (χ2n) is 1.56. The summed E-state index contributed by atoms with van der Waals surface area (Å²) in [5, 5.41) is 8.50. The molecule has 0 amide bonds. The Bertz CT molecular complexity index is 160. The maximum atomic E-state index is 9.78. The fourth-order valence-electron chi connectivity index (χ4n) is 0.184. The predicted molar refractivity (Wildman–Crippen MR) is 29.3 cm³/mol. The van der Waals surface area contributed by atoms with Crippen LogP contribution in [0, 0.1) is 0 Å². The van der Waals surface area contributed by atoms with Gasteiger partial charge >= 0.3 is 88.4 Å². The molecule has 0 rings (SSSR count). The molecule has 0 aliphatic carbocycles. The topological polar surface area (TPSA) is 83.8 Å². The molecule has 7 heteroatoms. The molecule has 0 fully saturated rings. The zero-order chi connectivity index (χ0) is 7.49. The monoisotopic (exact) mass is 180 g/mol. The van der Waals surface area contributed by atoms with Crippen molar-refractivity contribution in [3.63, 3.8) is 0 Å². The molecule has 5 nitrogen and oxygen atoms in total. The van der Waals surface area contributed by atoms with Crippen molar-refractivity contribution in [2.24, 2.45) is 0 Å². The van der Waals surface area contributed by atoms with E-state index in [1.54, 1.807) is 0 Å². The third-order valence-corrected chi connectivity index (χ3v) is 1.41. The average Bonchev–Trinajstić information content (AvgIpc) is 1.59. The Balaban J connectivity index is 3.53. The van der Waals surface area contributed by atoms with Gasteiger partial charge in [0, 0.05) is 0 Å². The van der Waals surface area contributed by atoms with E-state index < -0.39 is 10.6 Å². The molecule has 1 unspecified atom stereocenters. The first-order valence-electron chi connectivity index (χ1n) is 2.22. The van der Waals surface area contributed by atoms with Gasteiger partial charge in [-0.25, -0.2) is 0 Å². The minimum absolute atomic E-state index is 0.0949. The van der Waals surface area contributed by atoms with Crippen LogP contribution in [0.1, 0.15) is 0 Å². The summed E-state index contributed by atoms with van der Waals surface area (Å²) in [5.41, 5.74) is 0. The number of aliphatic hydroxyl groups is 1. The Hall–Kier alpha value is 1.47. The Morgan fingerprint density at radius 1 is 1.67 bits per heavy atom. The van der Waals surface area contributed by atoms with Crippen LogP contribution in [-0.4, -0.2) is 73.8 Å². The molecular weight excluding hydrogens is 175 g/mol. The Labute approximate surface area is 86.9 Å². The van der Waals surface area contributed by atoms with Gasteiger partial charge < -0.3 is 0 Å². The maximum absolute atomic E-state index is 9.78. The first kappa shape index (κ1) is 10.5. The van der Waals surface area contributed by atoms with Crippen LogP contribution in [0.25, 0.3) is 0 Å². The summed E-state index contributed by atoms with van der Waals surface area (Å²) in [6.45, 7) is -0.334. The molecular formula is C2H5KO5S. The van der Waals surface area contributed by atoms with Crippen LogP contribution in [-0.2, 0) is 14.6 Å². The zero-order valence-electron chi connectivity index (χ0n) is 4.81. The van der Waals surface area contributed by atoms with Crippen molar-refractivity contribution in [3.05, 3.63) is 0 Å². The summed E-state index contributed by atoms with van der Waals surface area (Å²) < 4.78 is 30.6. The molecule has 0 saturated heterocycles. The van der Waals surface area contributed by atoms with Crippen LogP contribution in [0.15, 0.2) is 0 Å². The van der Waals surface area contributed by atoms with Crippen LogP contribution in [0.3, 0.4) is 0 Å². The summed E-state index contributed by atoms with van der Waals surface area (Å²) in [7, 11) is -4.35. The minimum atomic E-state index is -4.35. The van der Waals surface area contributed by atoms with Gasteiger partial charge in [-0.15, -0.1) is 0 Å². The average molecular weight is 180 g/mol. The Kier molecular flexibility index (Phi) is 5.08. The van der Waals surface area contributed by atoms with Crippen LogP contribution in [0.5, 0.6) is 0 Å². The molecule has 2 N–H and O–H groups in total. The molecule has 0 heterocycles. The molecule has 0 saturated carbocycles. The molecule has 0 bridgehead atoms. The number of aliphatic hydroxyl groups excluding tert-OH is 1. The molecule has 0 aliphatic heterocycles. The van der Waals surface area contributed by atoms with Crippen molar-refractivity contribution >= 4 is 59.4 Å². The van der Waals surface area contributed by atoms with E-state index in [4.69, 9.17) is 9.66 Å². The predicted octanol–water partition coefficient (Wildman–Crippen LogP) is -1.71. The van der Waals surface area contributed by atoms with Crippen LogP contribution >= 0.6 is 0 Å². The van der Waals surface area contributed by atoms with E-state index >= 15 is 0 Å². The Morgan fingerprint density at radius 3 is 2.22 bits per heavy atom. The quantitative estimate of drug-likeness (QED) is 0.399. The van der Waals surface area contributed by atoms with Crippen molar-refractivity contribution < 1.29 is 22.3 Å². The zero-order valence-corrected chi connectivity index (χ0v) is 8.75. The van der Waals surface area contributed by atoms with Crippen molar-refractivity contribution in [2.45, 2.75) is 0.199 Å². The van der Waals surface area contributed by atoms with Gasteiger partial charge in [-0.05, 0) is 0 Å².